The molecule has 10 heavy (non-hydrogen) atoms. The van der Waals surface area contributed by atoms with Gasteiger partial charge in [-0.25, -0.2) is 0 Å². The van der Waals surface area contributed by atoms with Crippen LogP contribution in [0.15, 0.2) is 6.20 Å². The van der Waals surface area contributed by atoms with E-state index < -0.39 is 0 Å². The summed E-state index contributed by atoms with van der Waals surface area (Å²) in [4.78, 5) is 1.27. The van der Waals surface area contributed by atoms with E-state index in [1.807, 2.05) is 6.07 Å². The minimum atomic E-state index is -0.350. The molecule has 2 N–H and O–H groups in total. The standard InChI is InChI=1S/C5H7N5/c1-4(2-6)10-8-3-5(7)9-10/h3-4H,1H3,(H2,7,9). The van der Waals surface area contributed by atoms with Crippen LogP contribution < -0.4 is 5.73 Å². The average molecular weight is 137 g/mol. The topological polar surface area (TPSA) is 80.5 Å². The fourth-order valence-electron chi connectivity index (χ4n) is 0.526. The van der Waals surface area contributed by atoms with Crippen molar-refractivity contribution in [2.75, 3.05) is 5.73 Å². The van der Waals surface area contributed by atoms with Crippen LogP contribution in [0.3, 0.4) is 0 Å². The molecule has 0 radical (unpaired) electrons. The van der Waals surface area contributed by atoms with Crippen molar-refractivity contribution in [2.24, 2.45) is 0 Å². The second-order valence-electron chi connectivity index (χ2n) is 1.89. The Hall–Kier alpha value is -1.57. The third-order valence-corrected chi connectivity index (χ3v) is 1.06. The maximum absolute atomic E-state index is 8.41. The minimum absolute atomic E-state index is 0.335. The number of hydrogen-bond donors (Lipinski definition) is 1. The number of nitrogens with zero attached hydrogens (tertiary/aromatic N) is 4. The monoisotopic (exact) mass is 137 g/mol. The summed E-state index contributed by atoms with van der Waals surface area (Å²) in [5, 5.41) is 15.9. The summed E-state index contributed by atoms with van der Waals surface area (Å²) in [5.74, 6) is 0.335. The van der Waals surface area contributed by atoms with E-state index in [1.54, 1.807) is 6.92 Å². The Balaban J connectivity index is 2.87. The maximum atomic E-state index is 8.41. The van der Waals surface area contributed by atoms with Crippen molar-refractivity contribution in [3.8, 4) is 6.07 Å². The number of anilines is 1. The number of nitrogen functional groups attached to an aromatic ring is 1. The third-order valence-electron chi connectivity index (χ3n) is 1.06. The molecule has 0 saturated carbocycles. The van der Waals surface area contributed by atoms with Crippen LogP contribution >= 0.6 is 0 Å². The minimum Gasteiger partial charge on any atom is -0.381 e. The van der Waals surface area contributed by atoms with Gasteiger partial charge in [0.25, 0.3) is 0 Å². The molecule has 1 unspecified atom stereocenters. The Morgan fingerprint density at radius 2 is 2.60 bits per heavy atom. The molecule has 1 atom stereocenters. The van der Waals surface area contributed by atoms with E-state index in [4.69, 9.17) is 11.0 Å². The van der Waals surface area contributed by atoms with Gasteiger partial charge in [-0.1, -0.05) is 0 Å². The largest absolute Gasteiger partial charge is 0.381 e. The van der Waals surface area contributed by atoms with Gasteiger partial charge in [0, 0.05) is 0 Å². The second kappa shape index (κ2) is 2.35. The molecule has 0 spiro atoms. The van der Waals surface area contributed by atoms with Crippen molar-refractivity contribution in [1.29, 1.82) is 5.26 Å². The molecule has 0 saturated heterocycles. The first-order valence-electron chi connectivity index (χ1n) is 2.81. The molecule has 5 heteroatoms. The zero-order valence-corrected chi connectivity index (χ0v) is 5.52. The molecule has 5 nitrogen and oxygen atoms in total. The van der Waals surface area contributed by atoms with Crippen LogP contribution in [-0.2, 0) is 0 Å². The Bertz CT molecular complexity index is 257. The Labute approximate surface area is 58.1 Å². The smallest absolute Gasteiger partial charge is 0.166 e. The first kappa shape index (κ1) is 6.55. The number of aromatic nitrogens is 3. The molecule has 0 bridgehead atoms. The van der Waals surface area contributed by atoms with Gasteiger partial charge in [0.2, 0.25) is 0 Å². The summed E-state index contributed by atoms with van der Waals surface area (Å²) in [5.41, 5.74) is 5.27. The van der Waals surface area contributed by atoms with Gasteiger partial charge in [0.15, 0.2) is 11.9 Å². The first-order valence-corrected chi connectivity index (χ1v) is 2.81. The van der Waals surface area contributed by atoms with E-state index in [2.05, 4.69) is 10.2 Å². The number of hydrogen-bond acceptors (Lipinski definition) is 4. The van der Waals surface area contributed by atoms with Gasteiger partial charge in [-0.05, 0) is 6.92 Å². The predicted molar refractivity (Wildman–Crippen MR) is 34.8 cm³/mol. The van der Waals surface area contributed by atoms with Crippen LogP contribution in [0.25, 0.3) is 0 Å². The molecule has 0 aliphatic carbocycles. The van der Waals surface area contributed by atoms with Crippen LogP contribution in [0.4, 0.5) is 5.82 Å². The number of nitrogens with two attached hydrogens (primary N) is 1. The maximum Gasteiger partial charge on any atom is 0.166 e. The molecule has 0 aliphatic rings. The fraction of sp³-hybridized carbons (Fsp3) is 0.400. The summed E-state index contributed by atoms with van der Waals surface area (Å²) in [6.07, 6.45) is 1.41. The van der Waals surface area contributed by atoms with E-state index >= 15 is 0 Å². The summed E-state index contributed by atoms with van der Waals surface area (Å²) in [6.45, 7) is 1.69. The fourth-order valence-corrected chi connectivity index (χ4v) is 0.526. The lowest BCUT2D eigenvalue weighted by atomic mass is 10.4. The normalized spacial score (nSPS) is 12.4. The summed E-state index contributed by atoms with van der Waals surface area (Å²) in [7, 11) is 0. The van der Waals surface area contributed by atoms with Gasteiger partial charge in [0.1, 0.15) is 0 Å². The van der Waals surface area contributed by atoms with Crippen LogP contribution in [0.5, 0.6) is 0 Å². The Morgan fingerprint density at radius 1 is 1.90 bits per heavy atom. The molecular formula is C5H7N5. The Morgan fingerprint density at radius 3 is 3.00 bits per heavy atom. The lowest BCUT2D eigenvalue weighted by Gasteiger charge is -1.96. The molecular weight excluding hydrogens is 130 g/mol. The van der Waals surface area contributed by atoms with Gasteiger partial charge in [-0.3, -0.25) is 0 Å². The molecule has 0 aromatic carbocycles. The van der Waals surface area contributed by atoms with Crippen molar-refractivity contribution < 1.29 is 0 Å². The molecule has 0 amide bonds. The van der Waals surface area contributed by atoms with Crippen molar-refractivity contribution in [1.82, 2.24) is 15.0 Å². The van der Waals surface area contributed by atoms with Gasteiger partial charge in [-0.15, -0.1) is 5.10 Å². The third kappa shape index (κ3) is 1.05. The zero-order valence-electron chi connectivity index (χ0n) is 5.52. The highest BCUT2D eigenvalue weighted by atomic mass is 15.5. The Kier molecular flexibility index (Phi) is 1.54. The molecule has 1 rings (SSSR count). The highest BCUT2D eigenvalue weighted by Gasteiger charge is 2.03. The van der Waals surface area contributed by atoms with E-state index in [-0.39, 0.29) is 6.04 Å². The van der Waals surface area contributed by atoms with Crippen LogP contribution in [0.1, 0.15) is 13.0 Å². The van der Waals surface area contributed by atoms with Crippen molar-refractivity contribution in [3.05, 3.63) is 6.20 Å². The van der Waals surface area contributed by atoms with Crippen molar-refractivity contribution in [3.63, 3.8) is 0 Å². The summed E-state index contributed by atoms with van der Waals surface area (Å²) >= 11 is 0. The van der Waals surface area contributed by atoms with Gasteiger partial charge >= 0.3 is 0 Å². The molecule has 52 valence electrons. The lowest BCUT2D eigenvalue weighted by molar-refractivity contribution is 0.516. The SMILES string of the molecule is CC(C#N)n1ncc(N)n1. The molecule has 0 aliphatic heterocycles. The summed E-state index contributed by atoms with van der Waals surface area (Å²) < 4.78 is 0. The van der Waals surface area contributed by atoms with E-state index in [0.29, 0.717) is 5.82 Å². The number of rotatable bonds is 1. The first-order chi connectivity index (χ1) is 4.74. The highest BCUT2D eigenvalue weighted by molar-refractivity contribution is 5.19. The van der Waals surface area contributed by atoms with E-state index in [1.165, 1.54) is 11.0 Å². The van der Waals surface area contributed by atoms with Gasteiger partial charge in [0.05, 0.1) is 12.3 Å². The van der Waals surface area contributed by atoms with Gasteiger partial charge in [-0.2, -0.15) is 15.2 Å². The molecule has 1 heterocycles. The van der Waals surface area contributed by atoms with Crippen molar-refractivity contribution in [2.45, 2.75) is 13.0 Å². The quantitative estimate of drug-likeness (QED) is 0.588. The highest BCUT2D eigenvalue weighted by Crippen LogP contribution is 2.00. The van der Waals surface area contributed by atoms with Gasteiger partial charge < -0.3 is 5.73 Å². The van der Waals surface area contributed by atoms with Crippen LogP contribution in [0.2, 0.25) is 0 Å². The number of nitriles is 1. The summed E-state index contributed by atoms with van der Waals surface area (Å²) in [6, 6.07) is 1.63. The second-order valence-corrected chi connectivity index (χ2v) is 1.89. The molecule has 1 aromatic heterocycles. The van der Waals surface area contributed by atoms with Crippen LogP contribution in [0, 0.1) is 11.3 Å². The zero-order chi connectivity index (χ0) is 7.56. The van der Waals surface area contributed by atoms with Crippen molar-refractivity contribution >= 4 is 5.82 Å². The van der Waals surface area contributed by atoms with E-state index in [0.717, 1.165) is 0 Å². The van der Waals surface area contributed by atoms with E-state index in [9.17, 15) is 0 Å². The average Bonchev–Trinajstić information content (AvgIpc) is 2.34. The lowest BCUT2D eigenvalue weighted by Crippen LogP contribution is -2.06. The molecule has 0 fully saturated rings. The van der Waals surface area contributed by atoms with Crippen LogP contribution in [-0.4, -0.2) is 15.0 Å². The molecule has 1 aromatic rings. The predicted octanol–water partition coefficient (Wildman–Crippen LogP) is -0.0551.